The molecule has 0 radical (unpaired) electrons. The summed E-state index contributed by atoms with van der Waals surface area (Å²) in [5.74, 6) is 1.88. The molecule has 20 heavy (non-hydrogen) atoms. The van der Waals surface area contributed by atoms with Gasteiger partial charge in [-0.25, -0.2) is 0 Å². The van der Waals surface area contributed by atoms with Gasteiger partial charge in [0.2, 0.25) is 0 Å². The van der Waals surface area contributed by atoms with Gasteiger partial charge in [-0.1, -0.05) is 12.1 Å². The highest BCUT2D eigenvalue weighted by atomic mass is 16.5. The molecule has 1 aromatic rings. The molecule has 0 bridgehead atoms. The summed E-state index contributed by atoms with van der Waals surface area (Å²) in [6.45, 7) is 8.08. The van der Waals surface area contributed by atoms with E-state index >= 15 is 0 Å². The molecular weight excluding hydrogens is 248 g/mol. The Balaban J connectivity index is 1.40. The molecule has 0 aliphatic carbocycles. The van der Waals surface area contributed by atoms with E-state index in [1.807, 2.05) is 0 Å². The zero-order chi connectivity index (χ0) is 13.9. The normalized spacial score (nSPS) is 25.4. The summed E-state index contributed by atoms with van der Waals surface area (Å²) in [5.41, 5.74) is 1.27. The molecule has 2 heterocycles. The maximum absolute atomic E-state index is 6.02. The van der Waals surface area contributed by atoms with Crippen LogP contribution >= 0.6 is 0 Å². The molecule has 0 N–H and O–H groups in total. The van der Waals surface area contributed by atoms with Crippen LogP contribution in [0.25, 0.3) is 0 Å². The Morgan fingerprint density at radius 2 is 2.10 bits per heavy atom. The van der Waals surface area contributed by atoms with E-state index in [1.165, 1.54) is 38.0 Å². The molecule has 110 valence electrons. The van der Waals surface area contributed by atoms with Gasteiger partial charge in [-0.15, -0.1) is 0 Å². The molecule has 0 aromatic heterocycles. The molecule has 0 amide bonds. The quantitative estimate of drug-likeness (QED) is 0.838. The molecule has 2 fully saturated rings. The first-order valence-corrected chi connectivity index (χ1v) is 7.83. The summed E-state index contributed by atoms with van der Waals surface area (Å²) in [4.78, 5) is 5.01. The summed E-state index contributed by atoms with van der Waals surface area (Å²) < 4.78 is 6.02. The summed E-state index contributed by atoms with van der Waals surface area (Å²) in [6.07, 6.45) is 3.14. The van der Waals surface area contributed by atoms with Crippen molar-refractivity contribution in [3.8, 4) is 5.75 Å². The van der Waals surface area contributed by atoms with E-state index in [0.717, 1.165) is 24.8 Å². The second kappa shape index (κ2) is 6.15. The van der Waals surface area contributed by atoms with E-state index in [4.69, 9.17) is 4.74 Å². The van der Waals surface area contributed by atoms with Crippen LogP contribution in [0.2, 0.25) is 0 Å². The second-order valence-corrected chi connectivity index (χ2v) is 6.55. The molecule has 1 aromatic carbocycles. The van der Waals surface area contributed by atoms with Crippen LogP contribution in [0.1, 0.15) is 18.4 Å². The van der Waals surface area contributed by atoms with Crippen molar-refractivity contribution in [3.05, 3.63) is 29.8 Å². The lowest BCUT2D eigenvalue weighted by Crippen LogP contribution is -2.56. The second-order valence-electron chi connectivity index (χ2n) is 6.55. The lowest BCUT2D eigenvalue weighted by Gasteiger charge is -2.42. The van der Waals surface area contributed by atoms with Gasteiger partial charge in [0.25, 0.3) is 0 Å². The van der Waals surface area contributed by atoms with Gasteiger partial charge in [0, 0.05) is 26.2 Å². The third kappa shape index (κ3) is 3.53. The van der Waals surface area contributed by atoms with Crippen molar-refractivity contribution in [1.29, 1.82) is 0 Å². The topological polar surface area (TPSA) is 15.7 Å². The van der Waals surface area contributed by atoms with Crippen LogP contribution in [0.5, 0.6) is 5.75 Å². The zero-order valence-electron chi connectivity index (χ0n) is 12.7. The minimum atomic E-state index is 0.387. The van der Waals surface area contributed by atoms with Gasteiger partial charge < -0.3 is 9.64 Å². The number of ether oxygens (including phenoxy) is 1. The van der Waals surface area contributed by atoms with Crippen molar-refractivity contribution in [3.63, 3.8) is 0 Å². The molecule has 2 aliphatic heterocycles. The lowest BCUT2D eigenvalue weighted by atomic mass is 9.96. The highest BCUT2D eigenvalue weighted by molar-refractivity contribution is 5.27. The van der Waals surface area contributed by atoms with Crippen molar-refractivity contribution in [2.24, 2.45) is 5.92 Å². The van der Waals surface area contributed by atoms with E-state index in [0.29, 0.717) is 6.10 Å². The first-order chi connectivity index (χ1) is 9.69. The fraction of sp³-hybridized carbons (Fsp3) is 0.647. The third-order valence-electron chi connectivity index (χ3n) is 4.45. The summed E-state index contributed by atoms with van der Waals surface area (Å²) in [6, 6.07) is 8.36. The monoisotopic (exact) mass is 274 g/mol. The fourth-order valence-corrected chi connectivity index (χ4v) is 3.41. The van der Waals surface area contributed by atoms with E-state index in [9.17, 15) is 0 Å². The maximum atomic E-state index is 6.02. The Kier molecular flexibility index (Phi) is 4.27. The highest BCUT2D eigenvalue weighted by Crippen LogP contribution is 2.22. The SMILES string of the molecule is Cc1cccc(OC2CN(C[C@H]3CCCN(C)C3)C2)c1. The summed E-state index contributed by atoms with van der Waals surface area (Å²) >= 11 is 0. The molecular formula is C17H26N2O. The predicted octanol–water partition coefficient (Wildman–Crippen LogP) is 2.40. The molecule has 0 spiro atoms. The first-order valence-electron chi connectivity index (χ1n) is 7.83. The largest absolute Gasteiger partial charge is 0.488 e. The standard InChI is InChI=1S/C17H26N2O/c1-14-5-3-7-16(9-14)20-17-12-19(13-17)11-15-6-4-8-18(2)10-15/h3,5,7,9,15,17H,4,6,8,10-13H2,1-2H3/t15-/m0/s1. The number of likely N-dealkylation sites (tertiary alicyclic amines) is 2. The minimum Gasteiger partial charge on any atom is -0.488 e. The van der Waals surface area contributed by atoms with Gasteiger partial charge in [-0.05, 0) is 57.0 Å². The Bertz CT molecular complexity index is 442. The fourth-order valence-electron chi connectivity index (χ4n) is 3.41. The number of hydrogen-bond donors (Lipinski definition) is 0. The molecule has 2 aliphatic rings. The first kappa shape index (κ1) is 13.9. The molecule has 3 heteroatoms. The maximum Gasteiger partial charge on any atom is 0.124 e. The minimum absolute atomic E-state index is 0.387. The molecule has 3 rings (SSSR count). The highest BCUT2D eigenvalue weighted by Gasteiger charge is 2.31. The summed E-state index contributed by atoms with van der Waals surface area (Å²) in [5, 5.41) is 0. The lowest BCUT2D eigenvalue weighted by molar-refractivity contribution is 0.00290. The van der Waals surface area contributed by atoms with Gasteiger partial charge in [0.1, 0.15) is 11.9 Å². The van der Waals surface area contributed by atoms with Gasteiger partial charge >= 0.3 is 0 Å². The van der Waals surface area contributed by atoms with E-state index in [1.54, 1.807) is 0 Å². The van der Waals surface area contributed by atoms with Crippen molar-refractivity contribution in [1.82, 2.24) is 9.80 Å². The number of rotatable bonds is 4. The zero-order valence-corrected chi connectivity index (χ0v) is 12.7. The van der Waals surface area contributed by atoms with E-state index in [2.05, 4.69) is 48.0 Å². The Labute approximate surface area is 122 Å². The number of benzene rings is 1. The Hall–Kier alpha value is -1.06. The van der Waals surface area contributed by atoms with Gasteiger partial charge in [-0.2, -0.15) is 0 Å². The Morgan fingerprint density at radius 1 is 1.25 bits per heavy atom. The number of piperidine rings is 1. The molecule has 0 unspecified atom stereocenters. The number of nitrogens with zero attached hydrogens (tertiary/aromatic N) is 2. The van der Waals surface area contributed by atoms with Crippen LogP contribution in [0.4, 0.5) is 0 Å². The van der Waals surface area contributed by atoms with Crippen LogP contribution in [-0.4, -0.2) is 55.7 Å². The van der Waals surface area contributed by atoms with Crippen LogP contribution in [0.15, 0.2) is 24.3 Å². The number of hydrogen-bond acceptors (Lipinski definition) is 3. The van der Waals surface area contributed by atoms with Crippen molar-refractivity contribution in [2.45, 2.75) is 25.9 Å². The average Bonchev–Trinajstić information content (AvgIpc) is 2.36. The van der Waals surface area contributed by atoms with Crippen LogP contribution in [0.3, 0.4) is 0 Å². The molecule has 1 atom stereocenters. The Morgan fingerprint density at radius 3 is 2.85 bits per heavy atom. The predicted molar refractivity (Wildman–Crippen MR) is 82.3 cm³/mol. The van der Waals surface area contributed by atoms with Crippen LogP contribution in [0, 0.1) is 12.8 Å². The van der Waals surface area contributed by atoms with Gasteiger partial charge in [-0.3, -0.25) is 4.90 Å². The van der Waals surface area contributed by atoms with Crippen LogP contribution in [-0.2, 0) is 0 Å². The van der Waals surface area contributed by atoms with E-state index < -0.39 is 0 Å². The average molecular weight is 274 g/mol. The molecule has 0 saturated carbocycles. The van der Waals surface area contributed by atoms with Crippen molar-refractivity contribution < 1.29 is 4.74 Å². The summed E-state index contributed by atoms with van der Waals surface area (Å²) in [7, 11) is 2.24. The molecule has 2 saturated heterocycles. The third-order valence-corrected chi connectivity index (χ3v) is 4.45. The van der Waals surface area contributed by atoms with Crippen molar-refractivity contribution >= 4 is 0 Å². The van der Waals surface area contributed by atoms with Gasteiger partial charge in [0.15, 0.2) is 0 Å². The van der Waals surface area contributed by atoms with Gasteiger partial charge in [0.05, 0.1) is 0 Å². The molecule has 3 nitrogen and oxygen atoms in total. The van der Waals surface area contributed by atoms with Crippen LogP contribution < -0.4 is 4.74 Å². The van der Waals surface area contributed by atoms with E-state index in [-0.39, 0.29) is 0 Å². The van der Waals surface area contributed by atoms with Crippen molar-refractivity contribution in [2.75, 3.05) is 39.8 Å². The smallest absolute Gasteiger partial charge is 0.124 e. The number of aryl methyl sites for hydroxylation is 1.